The van der Waals surface area contributed by atoms with E-state index in [0.717, 1.165) is 28.2 Å². The van der Waals surface area contributed by atoms with Crippen molar-refractivity contribution in [1.82, 2.24) is 14.7 Å². The van der Waals surface area contributed by atoms with Crippen molar-refractivity contribution >= 4 is 28.6 Å². The third kappa shape index (κ3) is 4.24. The normalized spacial score (nSPS) is 10.9. The molecule has 4 nitrogen and oxygen atoms in total. The van der Waals surface area contributed by atoms with Gasteiger partial charge in [-0.05, 0) is 41.4 Å². The van der Waals surface area contributed by atoms with Gasteiger partial charge in [-0.1, -0.05) is 30.3 Å². The zero-order valence-electron chi connectivity index (χ0n) is 15.6. The maximum absolute atomic E-state index is 12.6. The summed E-state index contributed by atoms with van der Waals surface area (Å²) in [6.45, 7) is 0.545. The molecule has 6 heteroatoms. The highest BCUT2D eigenvalue weighted by atomic mass is 32.1. The summed E-state index contributed by atoms with van der Waals surface area (Å²) in [5.74, 6) is 0.151. The molecule has 0 N–H and O–H groups in total. The Kier molecular flexibility index (Phi) is 5.69. The number of rotatable bonds is 7. The van der Waals surface area contributed by atoms with Crippen LogP contribution >= 0.6 is 22.7 Å². The van der Waals surface area contributed by atoms with Crippen molar-refractivity contribution in [3.8, 4) is 16.3 Å². The number of aromatic nitrogens is 2. The molecule has 28 heavy (non-hydrogen) atoms. The molecular weight excluding hydrogens is 386 g/mol. The summed E-state index contributed by atoms with van der Waals surface area (Å²) < 4.78 is 1.90. The number of para-hydroxylation sites is 1. The Morgan fingerprint density at radius 3 is 2.54 bits per heavy atom. The number of aryl methyl sites for hydroxylation is 1. The molecule has 0 atom stereocenters. The fourth-order valence-corrected chi connectivity index (χ4v) is 4.53. The van der Waals surface area contributed by atoms with Crippen molar-refractivity contribution < 1.29 is 4.79 Å². The van der Waals surface area contributed by atoms with Gasteiger partial charge in [0.15, 0.2) is 0 Å². The van der Waals surface area contributed by atoms with Crippen LogP contribution in [0.25, 0.3) is 16.3 Å². The third-order valence-electron chi connectivity index (χ3n) is 4.56. The van der Waals surface area contributed by atoms with Crippen LogP contribution in [-0.4, -0.2) is 27.6 Å². The first kappa shape index (κ1) is 18.7. The molecule has 0 saturated carbocycles. The van der Waals surface area contributed by atoms with Crippen molar-refractivity contribution in [2.24, 2.45) is 0 Å². The summed E-state index contributed by atoms with van der Waals surface area (Å²) in [6.07, 6.45) is 3.35. The molecular formula is C22H21N3OS2. The maximum atomic E-state index is 12.6. The van der Waals surface area contributed by atoms with E-state index in [2.05, 4.69) is 22.9 Å². The Balaban J connectivity index is 1.54. The SMILES string of the molecule is CN(Cc1cn(-c2ccccc2)nc1-c1cccs1)C(=O)CCc1cccs1. The summed E-state index contributed by atoms with van der Waals surface area (Å²) in [7, 11) is 1.87. The van der Waals surface area contributed by atoms with Crippen LogP contribution < -0.4 is 0 Å². The zero-order chi connectivity index (χ0) is 19.3. The fraction of sp³-hybridized carbons (Fsp3) is 0.182. The summed E-state index contributed by atoms with van der Waals surface area (Å²) in [6, 6.07) is 18.3. The second-order valence-corrected chi connectivity index (χ2v) is 8.57. The predicted octanol–water partition coefficient (Wildman–Crippen LogP) is 5.25. The van der Waals surface area contributed by atoms with Crippen LogP contribution in [0, 0.1) is 0 Å². The number of carbonyl (C=O) groups excluding carboxylic acids is 1. The Hall–Kier alpha value is -2.70. The monoisotopic (exact) mass is 407 g/mol. The van der Waals surface area contributed by atoms with Crippen molar-refractivity contribution in [1.29, 1.82) is 0 Å². The smallest absolute Gasteiger partial charge is 0.222 e. The lowest BCUT2D eigenvalue weighted by Crippen LogP contribution is -2.26. The second-order valence-electron chi connectivity index (χ2n) is 6.59. The highest BCUT2D eigenvalue weighted by Gasteiger charge is 2.17. The van der Waals surface area contributed by atoms with E-state index >= 15 is 0 Å². The molecule has 0 aliphatic carbocycles. The van der Waals surface area contributed by atoms with E-state index in [9.17, 15) is 4.79 Å². The number of carbonyl (C=O) groups is 1. The van der Waals surface area contributed by atoms with Gasteiger partial charge in [0.25, 0.3) is 0 Å². The average molecular weight is 408 g/mol. The van der Waals surface area contributed by atoms with E-state index in [1.54, 1.807) is 27.6 Å². The van der Waals surface area contributed by atoms with Gasteiger partial charge in [0.05, 0.1) is 10.6 Å². The largest absolute Gasteiger partial charge is 0.341 e. The minimum atomic E-state index is 0.151. The predicted molar refractivity (Wildman–Crippen MR) is 116 cm³/mol. The van der Waals surface area contributed by atoms with Crippen molar-refractivity contribution in [2.75, 3.05) is 7.05 Å². The first-order valence-corrected chi connectivity index (χ1v) is 10.9. The average Bonchev–Trinajstić information content (AvgIpc) is 3.47. The van der Waals surface area contributed by atoms with Crippen LogP contribution in [0.4, 0.5) is 0 Å². The standard InChI is InChI=1S/C22H21N3OS2/c1-24(21(26)12-11-19-9-5-13-27-19)15-17-16-25(18-7-3-2-4-8-18)23-22(17)20-10-6-14-28-20/h2-10,13-14,16H,11-12,15H2,1H3. The lowest BCUT2D eigenvalue weighted by Gasteiger charge is -2.16. The van der Waals surface area contributed by atoms with Crippen LogP contribution in [0.1, 0.15) is 16.9 Å². The molecule has 0 fully saturated rings. The van der Waals surface area contributed by atoms with E-state index in [0.29, 0.717) is 13.0 Å². The van der Waals surface area contributed by atoms with Gasteiger partial charge >= 0.3 is 0 Å². The summed E-state index contributed by atoms with van der Waals surface area (Å²) in [5.41, 5.74) is 3.01. The van der Waals surface area contributed by atoms with Gasteiger partial charge in [-0.3, -0.25) is 4.79 Å². The minimum Gasteiger partial charge on any atom is -0.341 e. The molecule has 0 aliphatic heterocycles. The molecule has 4 aromatic rings. The molecule has 3 heterocycles. The summed E-state index contributed by atoms with van der Waals surface area (Å²) >= 11 is 3.36. The van der Waals surface area contributed by atoms with E-state index in [1.165, 1.54) is 4.88 Å². The van der Waals surface area contributed by atoms with Crippen LogP contribution in [0.15, 0.2) is 71.6 Å². The molecule has 1 amide bonds. The Morgan fingerprint density at radius 1 is 1.04 bits per heavy atom. The lowest BCUT2D eigenvalue weighted by molar-refractivity contribution is -0.130. The van der Waals surface area contributed by atoms with Crippen LogP contribution in [0.5, 0.6) is 0 Å². The molecule has 0 saturated heterocycles. The molecule has 0 radical (unpaired) electrons. The van der Waals surface area contributed by atoms with Crippen molar-refractivity contribution in [2.45, 2.75) is 19.4 Å². The Morgan fingerprint density at radius 2 is 1.82 bits per heavy atom. The van der Waals surface area contributed by atoms with Crippen molar-refractivity contribution in [3.05, 3.63) is 82.0 Å². The lowest BCUT2D eigenvalue weighted by atomic mass is 10.2. The zero-order valence-corrected chi connectivity index (χ0v) is 17.2. The van der Waals surface area contributed by atoms with Crippen LogP contribution in [0.2, 0.25) is 0 Å². The van der Waals surface area contributed by atoms with Crippen molar-refractivity contribution in [3.63, 3.8) is 0 Å². The van der Waals surface area contributed by atoms with E-state index in [1.807, 2.05) is 60.4 Å². The van der Waals surface area contributed by atoms with E-state index in [4.69, 9.17) is 5.10 Å². The maximum Gasteiger partial charge on any atom is 0.222 e. The molecule has 0 aliphatic rings. The Labute approximate surface area is 172 Å². The van der Waals surface area contributed by atoms with Gasteiger partial charge in [-0.25, -0.2) is 4.68 Å². The highest BCUT2D eigenvalue weighted by Crippen LogP contribution is 2.28. The highest BCUT2D eigenvalue weighted by molar-refractivity contribution is 7.13. The fourth-order valence-electron chi connectivity index (χ4n) is 3.08. The first-order valence-electron chi connectivity index (χ1n) is 9.15. The van der Waals surface area contributed by atoms with Gasteiger partial charge in [0.2, 0.25) is 5.91 Å². The van der Waals surface area contributed by atoms with E-state index < -0.39 is 0 Å². The van der Waals surface area contributed by atoms with Gasteiger partial charge in [-0.15, -0.1) is 22.7 Å². The van der Waals surface area contributed by atoms with Crippen LogP contribution in [0.3, 0.4) is 0 Å². The number of nitrogens with zero attached hydrogens (tertiary/aromatic N) is 3. The molecule has 3 aromatic heterocycles. The number of hydrogen-bond donors (Lipinski definition) is 0. The quantitative estimate of drug-likeness (QED) is 0.419. The summed E-state index contributed by atoms with van der Waals surface area (Å²) in [5, 5.41) is 8.92. The van der Waals surface area contributed by atoms with Crippen LogP contribution in [-0.2, 0) is 17.8 Å². The molecule has 1 aromatic carbocycles. The minimum absolute atomic E-state index is 0.151. The molecule has 0 unspecified atom stereocenters. The van der Waals surface area contributed by atoms with Gasteiger partial charge in [0, 0.05) is 36.7 Å². The molecule has 0 spiro atoms. The third-order valence-corrected chi connectivity index (χ3v) is 6.38. The topological polar surface area (TPSA) is 38.1 Å². The second kappa shape index (κ2) is 8.54. The van der Waals surface area contributed by atoms with Gasteiger partial charge < -0.3 is 4.90 Å². The van der Waals surface area contributed by atoms with Gasteiger partial charge in [0.1, 0.15) is 5.69 Å². The van der Waals surface area contributed by atoms with Gasteiger partial charge in [-0.2, -0.15) is 5.10 Å². The molecule has 0 bridgehead atoms. The van der Waals surface area contributed by atoms with E-state index in [-0.39, 0.29) is 5.91 Å². The number of benzene rings is 1. The number of hydrogen-bond acceptors (Lipinski definition) is 4. The first-order chi connectivity index (χ1) is 13.7. The number of thiophene rings is 2. The number of amides is 1. The summed E-state index contributed by atoms with van der Waals surface area (Å²) in [4.78, 5) is 16.8. The Bertz CT molecular complexity index is 1020. The molecule has 142 valence electrons. The molecule has 4 rings (SSSR count).